The Labute approximate surface area is 111 Å². The van der Waals surface area contributed by atoms with Crippen LogP contribution in [0.2, 0.25) is 0 Å². The van der Waals surface area contributed by atoms with Crippen LogP contribution in [0.1, 0.15) is 12.8 Å². The Balaban J connectivity index is 1.83. The summed E-state index contributed by atoms with van der Waals surface area (Å²) in [5.41, 5.74) is 6.61. The van der Waals surface area contributed by atoms with Gasteiger partial charge in [-0.05, 0) is 12.8 Å². The van der Waals surface area contributed by atoms with Gasteiger partial charge in [-0.3, -0.25) is 4.79 Å². The first kappa shape index (κ1) is 13.5. The summed E-state index contributed by atoms with van der Waals surface area (Å²) >= 11 is 0. The molecule has 5 nitrogen and oxygen atoms in total. The molecule has 0 bridgehead atoms. The molecule has 1 amide bonds. The number of anilines is 2. The fourth-order valence-corrected chi connectivity index (χ4v) is 1.75. The van der Waals surface area contributed by atoms with Crippen molar-refractivity contribution in [2.75, 3.05) is 31.2 Å². The number of halogens is 1. The van der Waals surface area contributed by atoms with E-state index in [0.29, 0.717) is 24.5 Å². The van der Waals surface area contributed by atoms with Crippen LogP contribution < -0.4 is 21.1 Å². The Morgan fingerprint density at radius 2 is 2.21 bits per heavy atom. The number of nitrogens with one attached hydrogen (secondary N) is 2. The largest absolute Gasteiger partial charge is 0.494 e. The minimum Gasteiger partial charge on any atom is -0.494 e. The topological polar surface area (TPSA) is 76.4 Å². The first-order chi connectivity index (χ1) is 9.11. The maximum atomic E-state index is 13.3. The zero-order valence-corrected chi connectivity index (χ0v) is 10.8. The van der Waals surface area contributed by atoms with Gasteiger partial charge in [0.25, 0.3) is 0 Å². The maximum Gasteiger partial charge on any atom is 0.223 e. The van der Waals surface area contributed by atoms with Crippen LogP contribution in [-0.4, -0.2) is 26.1 Å². The van der Waals surface area contributed by atoms with Gasteiger partial charge in [0.05, 0.1) is 18.5 Å². The highest BCUT2D eigenvalue weighted by molar-refractivity contribution is 5.80. The normalized spacial score (nSPS) is 14.0. The molecule has 0 unspecified atom stereocenters. The predicted molar refractivity (Wildman–Crippen MR) is 71.6 cm³/mol. The van der Waals surface area contributed by atoms with E-state index in [1.54, 1.807) is 0 Å². The van der Waals surface area contributed by atoms with E-state index >= 15 is 0 Å². The van der Waals surface area contributed by atoms with E-state index in [0.717, 1.165) is 12.8 Å². The molecule has 0 heterocycles. The van der Waals surface area contributed by atoms with E-state index in [2.05, 4.69) is 10.6 Å². The van der Waals surface area contributed by atoms with Crippen LogP contribution in [-0.2, 0) is 4.79 Å². The third-order valence-corrected chi connectivity index (χ3v) is 3.01. The van der Waals surface area contributed by atoms with Crippen molar-refractivity contribution in [3.8, 4) is 5.75 Å². The van der Waals surface area contributed by atoms with Gasteiger partial charge in [-0.15, -0.1) is 0 Å². The predicted octanol–water partition coefficient (Wildman–Crippen LogP) is 1.35. The van der Waals surface area contributed by atoms with Crippen molar-refractivity contribution in [3.05, 3.63) is 17.9 Å². The van der Waals surface area contributed by atoms with E-state index in [9.17, 15) is 9.18 Å². The summed E-state index contributed by atoms with van der Waals surface area (Å²) in [7, 11) is 1.40. The van der Waals surface area contributed by atoms with Gasteiger partial charge in [-0.25, -0.2) is 4.39 Å². The smallest absolute Gasteiger partial charge is 0.223 e. The molecule has 1 aromatic rings. The molecular formula is C13H18FN3O2. The Morgan fingerprint density at radius 1 is 1.47 bits per heavy atom. The number of amides is 1. The highest BCUT2D eigenvalue weighted by Crippen LogP contribution is 2.29. The first-order valence-corrected chi connectivity index (χ1v) is 6.26. The van der Waals surface area contributed by atoms with Crippen molar-refractivity contribution in [1.82, 2.24) is 5.32 Å². The minimum atomic E-state index is -0.493. The van der Waals surface area contributed by atoms with Crippen LogP contribution in [0.4, 0.5) is 15.8 Å². The molecule has 1 aromatic carbocycles. The fourth-order valence-electron chi connectivity index (χ4n) is 1.75. The Bertz CT molecular complexity index is 475. The van der Waals surface area contributed by atoms with E-state index < -0.39 is 5.82 Å². The van der Waals surface area contributed by atoms with E-state index in [1.807, 2.05) is 0 Å². The third-order valence-electron chi connectivity index (χ3n) is 3.01. The van der Waals surface area contributed by atoms with Crippen LogP contribution in [0.3, 0.4) is 0 Å². The molecule has 0 aliphatic heterocycles. The molecular weight excluding hydrogens is 249 g/mol. The van der Waals surface area contributed by atoms with Gasteiger partial charge in [0.2, 0.25) is 5.91 Å². The number of nitrogens with two attached hydrogens (primary N) is 1. The zero-order valence-electron chi connectivity index (χ0n) is 10.8. The lowest BCUT2D eigenvalue weighted by atomic mass is 10.2. The zero-order chi connectivity index (χ0) is 13.8. The Morgan fingerprint density at radius 3 is 2.84 bits per heavy atom. The van der Waals surface area contributed by atoms with E-state index in [1.165, 1.54) is 19.2 Å². The number of hydrogen-bond donors (Lipinski definition) is 3. The molecule has 1 aliphatic carbocycles. The van der Waals surface area contributed by atoms with Gasteiger partial charge < -0.3 is 21.1 Å². The van der Waals surface area contributed by atoms with Gasteiger partial charge in [-0.2, -0.15) is 0 Å². The highest BCUT2D eigenvalue weighted by atomic mass is 19.1. The van der Waals surface area contributed by atoms with Crippen molar-refractivity contribution >= 4 is 17.3 Å². The molecule has 0 atom stereocenters. The lowest BCUT2D eigenvalue weighted by Gasteiger charge is -2.12. The molecule has 2 rings (SSSR count). The second-order valence-electron chi connectivity index (χ2n) is 4.57. The molecule has 6 heteroatoms. The number of carbonyl (C=O) groups is 1. The Hall–Kier alpha value is -1.98. The highest BCUT2D eigenvalue weighted by Gasteiger charge is 2.28. The van der Waals surface area contributed by atoms with Crippen molar-refractivity contribution in [2.24, 2.45) is 5.92 Å². The van der Waals surface area contributed by atoms with Crippen LogP contribution in [0.15, 0.2) is 12.1 Å². The monoisotopic (exact) mass is 267 g/mol. The summed E-state index contributed by atoms with van der Waals surface area (Å²) in [6, 6.07) is 2.72. The quantitative estimate of drug-likeness (QED) is 0.537. The molecule has 1 fully saturated rings. The van der Waals surface area contributed by atoms with Gasteiger partial charge >= 0.3 is 0 Å². The maximum absolute atomic E-state index is 13.3. The van der Waals surface area contributed by atoms with Crippen molar-refractivity contribution < 1.29 is 13.9 Å². The van der Waals surface area contributed by atoms with Crippen molar-refractivity contribution in [3.63, 3.8) is 0 Å². The number of ether oxygens (including phenoxy) is 1. The van der Waals surface area contributed by atoms with Crippen molar-refractivity contribution in [2.45, 2.75) is 12.8 Å². The van der Waals surface area contributed by atoms with Gasteiger partial charge in [-0.1, -0.05) is 0 Å². The summed E-state index contributed by atoms with van der Waals surface area (Å²) < 4.78 is 18.2. The second kappa shape index (κ2) is 5.77. The molecule has 19 heavy (non-hydrogen) atoms. The van der Waals surface area contributed by atoms with Crippen molar-refractivity contribution in [1.29, 1.82) is 0 Å². The SMILES string of the molecule is COc1cc(NCCNC(=O)C2CC2)c(N)cc1F. The minimum absolute atomic E-state index is 0.103. The molecule has 104 valence electrons. The van der Waals surface area contributed by atoms with Crippen LogP contribution in [0, 0.1) is 11.7 Å². The number of benzene rings is 1. The summed E-state index contributed by atoms with van der Waals surface area (Å²) in [5, 5.41) is 5.87. The number of rotatable bonds is 6. The summed E-state index contributed by atoms with van der Waals surface area (Å²) in [6.07, 6.45) is 1.97. The standard InChI is InChI=1S/C13H18FN3O2/c1-19-12-7-11(10(15)6-9(12)14)16-4-5-17-13(18)8-2-3-8/h6-8,16H,2-5,15H2,1H3,(H,17,18). The fraction of sp³-hybridized carbons (Fsp3) is 0.462. The molecule has 4 N–H and O–H groups in total. The molecule has 0 aromatic heterocycles. The van der Waals surface area contributed by atoms with Crippen LogP contribution >= 0.6 is 0 Å². The summed E-state index contributed by atoms with van der Waals surface area (Å²) in [4.78, 5) is 11.4. The first-order valence-electron chi connectivity index (χ1n) is 6.26. The van der Waals surface area contributed by atoms with E-state index in [4.69, 9.17) is 10.5 Å². The average Bonchev–Trinajstić information content (AvgIpc) is 3.20. The molecule has 1 aliphatic rings. The molecule has 1 saturated carbocycles. The lowest BCUT2D eigenvalue weighted by Crippen LogP contribution is -2.29. The van der Waals surface area contributed by atoms with E-state index in [-0.39, 0.29) is 17.6 Å². The number of carbonyl (C=O) groups excluding carboxylic acids is 1. The Kier molecular flexibility index (Phi) is 4.09. The van der Waals surface area contributed by atoms with Crippen LogP contribution in [0.25, 0.3) is 0 Å². The molecule has 0 spiro atoms. The van der Waals surface area contributed by atoms with Gasteiger partial charge in [0.15, 0.2) is 11.6 Å². The van der Waals surface area contributed by atoms with Gasteiger partial charge in [0.1, 0.15) is 0 Å². The average molecular weight is 267 g/mol. The number of nitrogen functional groups attached to an aromatic ring is 1. The lowest BCUT2D eigenvalue weighted by molar-refractivity contribution is -0.122. The third kappa shape index (κ3) is 3.49. The van der Waals surface area contributed by atoms with Crippen LogP contribution in [0.5, 0.6) is 5.75 Å². The number of methoxy groups -OCH3 is 1. The van der Waals surface area contributed by atoms with Gasteiger partial charge in [0, 0.05) is 31.1 Å². The molecule has 0 saturated heterocycles. The molecule has 0 radical (unpaired) electrons. The number of hydrogen-bond acceptors (Lipinski definition) is 4. The summed E-state index contributed by atoms with van der Waals surface area (Å²) in [5.74, 6) is -0.0475. The summed E-state index contributed by atoms with van der Waals surface area (Å²) in [6.45, 7) is 1.03. The second-order valence-corrected chi connectivity index (χ2v) is 4.57.